The van der Waals surface area contributed by atoms with Crippen LogP contribution in [0, 0.1) is 0 Å². The highest BCUT2D eigenvalue weighted by molar-refractivity contribution is 7.51. The first-order chi connectivity index (χ1) is 5.15. The lowest BCUT2D eigenvalue weighted by molar-refractivity contribution is -0.142. The predicted octanol–water partition coefficient (Wildman–Crippen LogP) is -0.222. The number of carboxylic acids is 1. The van der Waals surface area contributed by atoms with Gasteiger partial charge in [0.15, 0.2) is 0 Å². The third-order valence-electron chi connectivity index (χ3n) is 1.41. The zero-order chi connectivity index (χ0) is 9.99. The fraction of sp³-hybridized carbons (Fsp3) is 0.800. The van der Waals surface area contributed by atoms with Crippen LogP contribution in [0.2, 0.25) is 0 Å². The van der Waals surface area contributed by atoms with Crippen molar-refractivity contribution in [1.82, 2.24) is 0 Å². The Hall–Kier alpha value is -0.130. The molecule has 0 bridgehead atoms. The first-order valence-corrected chi connectivity index (χ1v) is 5.02. The van der Waals surface area contributed by atoms with Crippen LogP contribution >= 0.6 is 20.0 Å². The van der Waals surface area contributed by atoms with Crippen molar-refractivity contribution >= 4 is 26.0 Å². The van der Waals surface area contributed by atoms with Crippen LogP contribution in [0.4, 0.5) is 0 Å². The van der Waals surface area contributed by atoms with Crippen molar-refractivity contribution in [3.63, 3.8) is 0 Å². The topological polar surface area (TPSA) is 121 Å². The Kier molecular flexibility index (Phi) is 5.82. The minimum atomic E-state index is -4.15. The van der Waals surface area contributed by atoms with Crippen LogP contribution in [0.5, 0.6) is 0 Å². The molecule has 0 amide bonds. The molecule has 0 heterocycles. The fourth-order valence-electron chi connectivity index (χ4n) is 0.485. The summed E-state index contributed by atoms with van der Waals surface area (Å²) in [7, 11) is -4.15. The first-order valence-electron chi connectivity index (χ1n) is 3.22. The standard InChI is InChI=1S/C5H12NO5P.ClH/c1-5(6,4(7)8)2-3-12(9,10)11;/h2-3,6H2,1H3,(H,7,8)(H2,9,10,11);1H. The van der Waals surface area contributed by atoms with E-state index in [2.05, 4.69) is 0 Å². The Morgan fingerprint density at radius 1 is 1.54 bits per heavy atom. The normalized spacial score (nSPS) is 15.7. The summed E-state index contributed by atoms with van der Waals surface area (Å²) in [6.07, 6.45) is -0.751. The largest absolute Gasteiger partial charge is 0.480 e. The van der Waals surface area contributed by atoms with Gasteiger partial charge in [-0.05, 0) is 13.3 Å². The average molecular weight is 234 g/mol. The van der Waals surface area contributed by atoms with E-state index < -0.39 is 25.3 Å². The van der Waals surface area contributed by atoms with Gasteiger partial charge in [-0.25, -0.2) is 0 Å². The second-order valence-corrected chi connectivity index (χ2v) is 4.64. The summed E-state index contributed by atoms with van der Waals surface area (Å²) in [6, 6.07) is 0. The zero-order valence-electron chi connectivity index (χ0n) is 7.01. The van der Waals surface area contributed by atoms with Gasteiger partial charge in [-0.3, -0.25) is 9.36 Å². The average Bonchev–Trinajstić information content (AvgIpc) is 1.82. The minimum absolute atomic E-state index is 0. The van der Waals surface area contributed by atoms with Gasteiger partial charge < -0.3 is 20.6 Å². The molecule has 0 aromatic carbocycles. The summed E-state index contributed by atoms with van der Waals surface area (Å²) < 4.78 is 10.3. The third kappa shape index (κ3) is 6.98. The molecule has 0 saturated carbocycles. The predicted molar refractivity (Wildman–Crippen MR) is 49.0 cm³/mol. The number of carboxylic acid groups (broad SMARTS) is 1. The molecule has 0 aliphatic rings. The first kappa shape index (κ1) is 15.3. The Bertz CT molecular complexity index is 225. The number of hydrogen-bond donors (Lipinski definition) is 4. The van der Waals surface area contributed by atoms with Gasteiger partial charge in [0.25, 0.3) is 0 Å². The molecular weight excluding hydrogens is 220 g/mol. The third-order valence-corrected chi connectivity index (χ3v) is 2.22. The smallest absolute Gasteiger partial charge is 0.325 e. The zero-order valence-corrected chi connectivity index (χ0v) is 8.72. The molecule has 0 aromatic heterocycles. The number of aliphatic carboxylic acids is 1. The number of halogens is 1. The summed E-state index contributed by atoms with van der Waals surface area (Å²) in [6.45, 7) is 1.21. The SMILES string of the molecule is CC(N)(CCP(=O)(O)O)C(=O)O.Cl. The van der Waals surface area contributed by atoms with Crippen molar-refractivity contribution in [2.24, 2.45) is 5.73 Å². The lowest BCUT2D eigenvalue weighted by Crippen LogP contribution is -2.45. The Morgan fingerprint density at radius 3 is 2.15 bits per heavy atom. The molecular formula is C5H13ClNO5P. The van der Waals surface area contributed by atoms with Gasteiger partial charge in [0.2, 0.25) is 0 Å². The molecule has 13 heavy (non-hydrogen) atoms. The maximum atomic E-state index is 10.4. The van der Waals surface area contributed by atoms with Gasteiger partial charge in [0.05, 0.1) is 6.16 Å². The fourth-order valence-corrected chi connectivity index (χ4v) is 1.24. The van der Waals surface area contributed by atoms with Crippen molar-refractivity contribution in [1.29, 1.82) is 0 Å². The molecule has 0 aromatic rings. The van der Waals surface area contributed by atoms with Crippen LogP contribution in [0.1, 0.15) is 13.3 Å². The van der Waals surface area contributed by atoms with Crippen molar-refractivity contribution in [3.8, 4) is 0 Å². The highest BCUT2D eigenvalue weighted by Crippen LogP contribution is 2.36. The van der Waals surface area contributed by atoms with E-state index >= 15 is 0 Å². The van der Waals surface area contributed by atoms with Crippen molar-refractivity contribution in [2.45, 2.75) is 18.9 Å². The van der Waals surface area contributed by atoms with Gasteiger partial charge in [-0.15, -0.1) is 12.4 Å². The van der Waals surface area contributed by atoms with E-state index in [1.165, 1.54) is 6.92 Å². The number of carbonyl (C=O) groups is 1. The number of nitrogens with two attached hydrogens (primary N) is 1. The summed E-state index contributed by atoms with van der Waals surface area (Å²) in [5.74, 6) is -1.27. The Balaban J connectivity index is 0. The molecule has 0 radical (unpaired) electrons. The molecule has 0 rings (SSSR count). The molecule has 80 valence electrons. The van der Waals surface area contributed by atoms with Crippen LogP contribution < -0.4 is 5.73 Å². The van der Waals surface area contributed by atoms with Crippen molar-refractivity contribution < 1.29 is 24.3 Å². The van der Waals surface area contributed by atoms with Crippen molar-refractivity contribution in [2.75, 3.05) is 6.16 Å². The highest BCUT2D eigenvalue weighted by atomic mass is 35.5. The Morgan fingerprint density at radius 2 is 1.92 bits per heavy atom. The van der Waals surface area contributed by atoms with E-state index in [4.69, 9.17) is 20.6 Å². The second kappa shape index (κ2) is 4.93. The van der Waals surface area contributed by atoms with Crippen LogP contribution in [0.3, 0.4) is 0 Å². The van der Waals surface area contributed by atoms with Gasteiger partial charge in [-0.1, -0.05) is 0 Å². The van der Waals surface area contributed by atoms with Crippen molar-refractivity contribution in [3.05, 3.63) is 0 Å². The molecule has 1 atom stereocenters. The highest BCUT2D eigenvalue weighted by Gasteiger charge is 2.30. The molecule has 0 aliphatic carbocycles. The summed E-state index contributed by atoms with van der Waals surface area (Å²) in [5, 5.41) is 8.46. The van der Waals surface area contributed by atoms with E-state index in [0.29, 0.717) is 0 Å². The number of rotatable bonds is 4. The van der Waals surface area contributed by atoms with E-state index in [-0.39, 0.29) is 18.8 Å². The van der Waals surface area contributed by atoms with Crippen LogP contribution in [-0.2, 0) is 9.36 Å². The van der Waals surface area contributed by atoms with E-state index in [1.54, 1.807) is 0 Å². The summed E-state index contributed by atoms with van der Waals surface area (Å²) in [4.78, 5) is 27.2. The van der Waals surface area contributed by atoms with E-state index in [1.807, 2.05) is 0 Å². The molecule has 0 aliphatic heterocycles. The maximum absolute atomic E-state index is 10.4. The van der Waals surface area contributed by atoms with E-state index in [9.17, 15) is 9.36 Å². The van der Waals surface area contributed by atoms with Crippen LogP contribution in [0.15, 0.2) is 0 Å². The summed E-state index contributed by atoms with van der Waals surface area (Å²) in [5.41, 5.74) is 3.66. The molecule has 5 N–H and O–H groups in total. The molecule has 0 fully saturated rings. The van der Waals surface area contributed by atoms with E-state index in [0.717, 1.165) is 0 Å². The Labute approximate surface area is 81.7 Å². The van der Waals surface area contributed by atoms with Gasteiger partial charge >= 0.3 is 13.6 Å². The van der Waals surface area contributed by atoms with Crippen LogP contribution in [0.25, 0.3) is 0 Å². The monoisotopic (exact) mass is 233 g/mol. The quantitative estimate of drug-likeness (QED) is 0.498. The second-order valence-electron chi connectivity index (χ2n) is 2.86. The van der Waals surface area contributed by atoms with Gasteiger partial charge in [-0.2, -0.15) is 0 Å². The number of hydrogen-bond acceptors (Lipinski definition) is 3. The van der Waals surface area contributed by atoms with Gasteiger partial charge in [0, 0.05) is 0 Å². The lowest BCUT2D eigenvalue weighted by Gasteiger charge is -2.18. The molecule has 0 saturated heterocycles. The van der Waals surface area contributed by atoms with Gasteiger partial charge in [0.1, 0.15) is 5.54 Å². The molecule has 1 unspecified atom stereocenters. The molecule has 0 spiro atoms. The lowest BCUT2D eigenvalue weighted by atomic mass is 10.0. The maximum Gasteiger partial charge on any atom is 0.325 e. The molecule has 8 heteroatoms. The minimum Gasteiger partial charge on any atom is -0.480 e. The van der Waals surface area contributed by atoms with Crippen LogP contribution in [-0.4, -0.2) is 32.6 Å². The molecule has 6 nitrogen and oxygen atoms in total. The summed E-state index contributed by atoms with van der Waals surface area (Å²) >= 11 is 0.